The van der Waals surface area contributed by atoms with Crippen molar-refractivity contribution in [3.8, 4) is 5.75 Å². The molecule has 0 radical (unpaired) electrons. The van der Waals surface area contributed by atoms with Crippen LogP contribution < -0.4 is 10.5 Å². The summed E-state index contributed by atoms with van der Waals surface area (Å²) >= 11 is 3.57. The highest BCUT2D eigenvalue weighted by atomic mass is 79.9. The molecule has 0 heterocycles. The van der Waals surface area contributed by atoms with E-state index >= 15 is 0 Å². The van der Waals surface area contributed by atoms with Crippen LogP contribution in [-0.4, -0.2) is 13.2 Å². The van der Waals surface area contributed by atoms with Gasteiger partial charge in [-0.3, -0.25) is 0 Å². The van der Waals surface area contributed by atoms with Crippen molar-refractivity contribution >= 4 is 15.9 Å². The molecular formula is C16H26BrNO. The Hall–Kier alpha value is -0.540. The molecule has 0 fully saturated rings. The van der Waals surface area contributed by atoms with E-state index in [2.05, 4.69) is 55.8 Å². The van der Waals surface area contributed by atoms with Gasteiger partial charge in [0.1, 0.15) is 5.75 Å². The summed E-state index contributed by atoms with van der Waals surface area (Å²) in [5, 5.41) is 0. The number of hydrogen-bond acceptors (Lipinski definition) is 2. The highest BCUT2D eigenvalue weighted by Gasteiger charge is 2.14. The van der Waals surface area contributed by atoms with Gasteiger partial charge < -0.3 is 10.5 Å². The van der Waals surface area contributed by atoms with E-state index < -0.39 is 0 Å². The van der Waals surface area contributed by atoms with Gasteiger partial charge in [0.15, 0.2) is 0 Å². The van der Waals surface area contributed by atoms with Crippen LogP contribution in [0.5, 0.6) is 5.75 Å². The van der Waals surface area contributed by atoms with Gasteiger partial charge in [-0.2, -0.15) is 0 Å². The standard InChI is InChI=1S/C16H26BrNO/c1-12-9-14(10-13(2)15(12)17)19-8-6-5-7-16(3,4)11-18/h9-10H,5-8,11,18H2,1-4H3. The van der Waals surface area contributed by atoms with E-state index in [0.717, 1.165) is 31.7 Å². The normalized spacial score (nSPS) is 11.7. The topological polar surface area (TPSA) is 35.2 Å². The lowest BCUT2D eigenvalue weighted by molar-refractivity contribution is 0.278. The molecule has 0 bridgehead atoms. The number of rotatable bonds is 7. The second kappa shape index (κ2) is 7.30. The van der Waals surface area contributed by atoms with Crippen LogP contribution in [-0.2, 0) is 0 Å². The van der Waals surface area contributed by atoms with Gasteiger partial charge in [0.05, 0.1) is 6.61 Å². The molecule has 0 aliphatic heterocycles. The van der Waals surface area contributed by atoms with Crippen molar-refractivity contribution in [1.29, 1.82) is 0 Å². The van der Waals surface area contributed by atoms with Gasteiger partial charge in [-0.25, -0.2) is 0 Å². The van der Waals surface area contributed by atoms with Crippen LogP contribution in [0, 0.1) is 19.3 Å². The molecule has 0 atom stereocenters. The number of unbranched alkanes of at least 4 members (excludes halogenated alkanes) is 1. The Morgan fingerprint density at radius 3 is 2.26 bits per heavy atom. The van der Waals surface area contributed by atoms with E-state index in [1.165, 1.54) is 22.0 Å². The van der Waals surface area contributed by atoms with E-state index in [1.54, 1.807) is 0 Å². The Kier molecular flexibility index (Phi) is 6.34. The summed E-state index contributed by atoms with van der Waals surface area (Å²) in [6.45, 7) is 10.1. The largest absolute Gasteiger partial charge is 0.494 e. The maximum absolute atomic E-state index is 5.82. The van der Waals surface area contributed by atoms with Crippen LogP contribution in [0.1, 0.15) is 44.2 Å². The third-order valence-electron chi connectivity index (χ3n) is 3.48. The molecule has 0 spiro atoms. The molecule has 19 heavy (non-hydrogen) atoms. The Balaban J connectivity index is 2.34. The summed E-state index contributed by atoms with van der Waals surface area (Å²) < 4.78 is 6.99. The van der Waals surface area contributed by atoms with E-state index in [0.29, 0.717) is 0 Å². The Labute approximate surface area is 125 Å². The Morgan fingerprint density at radius 2 is 1.74 bits per heavy atom. The molecular weight excluding hydrogens is 302 g/mol. The first-order valence-electron chi connectivity index (χ1n) is 6.95. The first kappa shape index (κ1) is 16.5. The van der Waals surface area contributed by atoms with Crippen molar-refractivity contribution < 1.29 is 4.74 Å². The number of halogens is 1. The predicted octanol–water partition coefficient (Wildman–Crippen LogP) is 4.60. The highest BCUT2D eigenvalue weighted by molar-refractivity contribution is 9.10. The summed E-state index contributed by atoms with van der Waals surface area (Å²) in [6, 6.07) is 4.17. The monoisotopic (exact) mass is 327 g/mol. The van der Waals surface area contributed by atoms with E-state index in [9.17, 15) is 0 Å². The lowest BCUT2D eigenvalue weighted by Crippen LogP contribution is -2.23. The van der Waals surface area contributed by atoms with Gasteiger partial charge in [-0.15, -0.1) is 0 Å². The van der Waals surface area contributed by atoms with Gasteiger partial charge >= 0.3 is 0 Å². The van der Waals surface area contributed by atoms with E-state index in [4.69, 9.17) is 10.5 Å². The van der Waals surface area contributed by atoms with E-state index in [-0.39, 0.29) is 5.41 Å². The summed E-state index contributed by atoms with van der Waals surface area (Å²) in [6.07, 6.45) is 3.40. The molecule has 1 aromatic carbocycles. The quantitative estimate of drug-likeness (QED) is 0.743. The third-order valence-corrected chi connectivity index (χ3v) is 4.73. The molecule has 2 N–H and O–H groups in total. The number of nitrogens with two attached hydrogens (primary N) is 1. The molecule has 0 aliphatic carbocycles. The molecule has 0 saturated carbocycles. The minimum Gasteiger partial charge on any atom is -0.494 e. The zero-order chi connectivity index (χ0) is 14.5. The van der Waals surface area contributed by atoms with Crippen molar-refractivity contribution in [2.45, 2.75) is 47.0 Å². The molecule has 2 nitrogen and oxygen atoms in total. The lowest BCUT2D eigenvalue weighted by Gasteiger charge is -2.21. The van der Waals surface area contributed by atoms with Crippen molar-refractivity contribution in [3.63, 3.8) is 0 Å². The SMILES string of the molecule is Cc1cc(OCCCCC(C)(C)CN)cc(C)c1Br. The second-order valence-electron chi connectivity index (χ2n) is 6.04. The molecule has 1 rings (SSSR count). The minimum atomic E-state index is 0.255. The molecule has 3 heteroatoms. The number of ether oxygens (including phenoxy) is 1. The fourth-order valence-electron chi connectivity index (χ4n) is 1.99. The summed E-state index contributed by atoms with van der Waals surface area (Å²) in [5.41, 5.74) is 8.42. The summed E-state index contributed by atoms with van der Waals surface area (Å²) in [5.74, 6) is 0.969. The van der Waals surface area contributed by atoms with Crippen molar-refractivity contribution in [3.05, 3.63) is 27.7 Å². The third kappa shape index (κ3) is 5.53. The average molecular weight is 328 g/mol. The first-order valence-corrected chi connectivity index (χ1v) is 7.74. The Bertz CT molecular complexity index is 392. The van der Waals surface area contributed by atoms with Crippen LogP contribution in [0.3, 0.4) is 0 Å². The number of hydrogen-bond donors (Lipinski definition) is 1. The zero-order valence-corrected chi connectivity index (χ0v) is 14.1. The molecule has 1 aromatic rings. The van der Waals surface area contributed by atoms with Crippen molar-refractivity contribution in [1.82, 2.24) is 0 Å². The zero-order valence-electron chi connectivity index (χ0n) is 12.6. The molecule has 0 unspecified atom stereocenters. The predicted molar refractivity (Wildman–Crippen MR) is 85.8 cm³/mol. The van der Waals surface area contributed by atoms with Crippen LogP contribution in [0.2, 0.25) is 0 Å². The van der Waals surface area contributed by atoms with Crippen LogP contribution in [0.25, 0.3) is 0 Å². The number of benzene rings is 1. The van der Waals surface area contributed by atoms with Gasteiger partial charge in [0.2, 0.25) is 0 Å². The number of aryl methyl sites for hydroxylation is 2. The van der Waals surface area contributed by atoms with Crippen molar-refractivity contribution in [2.24, 2.45) is 11.1 Å². The van der Waals surface area contributed by atoms with Gasteiger partial charge in [-0.05, 0) is 68.3 Å². The van der Waals surface area contributed by atoms with Gasteiger partial charge in [-0.1, -0.05) is 29.8 Å². The van der Waals surface area contributed by atoms with Crippen molar-refractivity contribution in [2.75, 3.05) is 13.2 Å². The second-order valence-corrected chi connectivity index (χ2v) is 6.84. The maximum atomic E-state index is 5.82. The fraction of sp³-hybridized carbons (Fsp3) is 0.625. The average Bonchev–Trinajstić information content (AvgIpc) is 2.35. The molecule has 108 valence electrons. The summed E-state index contributed by atoms with van der Waals surface area (Å²) in [7, 11) is 0. The lowest BCUT2D eigenvalue weighted by atomic mass is 9.87. The molecule has 0 aliphatic rings. The smallest absolute Gasteiger partial charge is 0.119 e. The summed E-state index contributed by atoms with van der Waals surface area (Å²) in [4.78, 5) is 0. The fourth-order valence-corrected chi connectivity index (χ4v) is 2.22. The molecule has 0 amide bonds. The minimum absolute atomic E-state index is 0.255. The first-order chi connectivity index (χ1) is 8.85. The molecule has 0 saturated heterocycles. The Morgan fingerprint density at radius 1 is 1.16 bits per heavy atom. The highest BCUT2D eigenvalue weighted by Crippen LogP contribution is 2.26. The molecule has 0 aromatic heterocycles. The van der Waals surface area contributed by atoms with Gasteiger partial charge in [0, 0.05) is 4.47 Å². The van der Waals surface area contributed by atoms with Crippen LogP contribution >= 0.6 is 15.9 Å². The van der Waals surface area contributed by atoms with Crippen LogP contribution in [0.15, 0.2) is 16.6 Å². The van der Waals surface area contributed by atoms with E-state index in [1.807, 2.05) is 0 Å². The van der Waals surface area contributed by atoms with Crippen LogP contribution in [0.4, 0.5) is 0 Å². The van der Waals surface area contributed by atoms with Gasteiger partial charge in [0.25, 0.3) is 0 Å². The maximum Gasteiger partial charge on any atom is 0.119 e.